The Morgan fingerprint density at radius 2 is 2.12 bits per heavy atom. The molecule has 0 unspecified atom stereocenters. The van der Waals surface area contributed by atoms with Gasteiger partial charge in [-0.15, -0.1) is 5.92 Å². The Bertz CT molecular complexity index is 925. The molecule has 2 aromatic rings. The minimum Gasteiger partial charge on any atom is -0.369 e. The van der Waals surface area contributed by atoms with E-state index in [0.717, 1.165) is 22.4 Å². The number of carbonyl (C=O) groups is 1. The van der Waals surface area contributed by atoms with E-state index in [4.69, 9.17) is 5.73 Å². The molecule has 0 saturated carbocycles. The first-order valence-electron chi connectivity index (χ1n) is 7.89. The average Bonchev–Trinajstić information content (AvgIpc) is 2.60. The van der Waals surface area contributed by atoms with Gasteiger partial charge in [-0.05, 0) is 37.6 Å². The van der Waals surface area contributed by atoms with Crippen LogP contribution in [0.3, 0.4) is 0 Å². The molecular formula is C19H19N5O. The highest BCUT2D eigenvalue weighted by Gasteiger charge is 2.36. The van der Waals surface area contributed by atoms with E-state index in [1.807, 2.05) is 25.1 Å². The zero-order chi connectivity index (χ0) is 18.0. The molecule has 2 N–H and O–H groups in total. The lowest BCUT2D eigenvalue weighted by atomic mass is 9.87. The number of guanidine groups is 1. The summed E-state index contributed by atoms with van der Waals surface area (Å²) in [6.07, 6.45) is 5.42. The van der Waals surface area contributed by atoms with Crippen molar-refractivity contribution in [1.29, 1.82) is 0 Å². The predicted molar refractivity (Wildman–Crippen MR) is 96.4 cm³/mol. The standard InChI is InChI=1S/C19H19N5O/c1-4-5-13-8-14(12-21-11-13)16-9-15(6-7-22-16)19(2)10-17(25)24(3)18(20)23-19/h6-9,11-12H,10H2,1-3H3,(H2,20,23)/t19-/m0/s1. The van der Waals surface area contributed by atoms with Gasteiger partial charge in [-0.25, -0.2) is 4.99 Å². The third-order valence-electron chi connectivity index (χ3n) is 4.26. The van der Waals surface area contributed by atoms with Crippen LogP contribution in [0.5, 0.6) is 0 Å². The first-order chi connectivity index (χ1) is 11.9. The second-order valence-electron chi connectivity index (χ2n) is 6.14. The molecule has 126 valence electrons. The number of nitrogens with two attached hydrogens (primary N) is 1. The molecule has 0 aliphatic carbocycles. The molecule has 1 atom stereocenters. The van der Waals surface area contributed by atoms with Crippen LogP contribution in [-0.4, -0.2) is 33.8 Å². The number of pyridine rings is 2. The molecule has 0 saturated heterocycles. The number of hydrogen-bond acceptors (Lipinski definition) is 5. The molecule has 0 fully saturated rings. The van der Waals surface area contributed by atoms with E-state index < -0.39 is 5.54 Å². The largest absolute Gasteiger partial charge is 0.369 e. The van der Waals surface area contributed by atoms with E-state index in [1.165, 1.54) is 4.90 Å². The second-order valence-corrected chi connectivity index (χ2v) is 6.14. The van der Waals surface area contributed by atoms with E-state index in [2.05, 4.69) is 26.8 Å². The maximum atomic E-state index is 12.2. The Morgan fingerprint density at radius 1 is 1.32 bits per heavy atom. The number of aromatic nitrogens is 2. The van der Waals surface area contributed by atoms with Gasteiger partial charge in [0.1, 0.15) is 0 Å². The Balaban J connectivity index is 2.04. The van der Waals surface area contributed by atoms with Crippen LogP contribution in [0.2, 0.25) is 0 Å². The SMILES string of the molecule is CC#Cc1cncc(-c2cc([C@]3(C)CC(=O)N(C)C(N)=N3)ccn2)c1. The van der Waals surface area contributed by atoms with Gasteiger partial charge in [0.05, 0.1) is 17.7 Å². The molecule has 25 heavy (non-hydrogen) atoms. The topological polar surface area (TPSA) is 84.5 Å². The number of carbonyl (C=O) groups excluding carboxylic acids is 1. The molecule has 1 amide bonds. The molecule has 2 aromatic heterocycles. The summed E-state index contributed by atoms with van der Waals surface area (Å²) in [7, 11) is 1.63. The van der Waals surface area contributed by atoms with E-state index in [9.17, 15) is 4.79 Å². The van der Waals surface area contributed by atoms with Gasteiger partial charge < -0.3 is 5.73 Å². The predicted octanol–water partition coefficient (Wildman–Crippen LogP) is 1.91. The molecule has 6 nitrogen and oxygen atoms in total. The quantitative estimate of drug-likeness (QED) is 0.851. The molecule has 0 aromatic carbocycles. The summed E-state index contributed by atoms with van der Waals surface area (Å²) in [5, 5.41) is 0. The van der Waals surface area contributed by atoms with Crippen molar-refractivity contribution < 1.29 is 4.79 Å². The average molecular weight is 333 g/mol. The number of aliphatic imine (C=N–C) groups is 1. The Kier molecular flexibility index (Phi) is 4.24. The van der Waals surface area contributed by atoms with Crippen molar-refractivity contribution in [2.45, 2.75) is 25.8 Å². The highest BCUT2D eigenvalue weighted by atomic mass is 16.2. The van der Waals surface area contributed by atoms with Crippen LogP contribution in [0.15, 0.2) is 41.8 Å². The Morgan fingerprint density at radius 3 is 2.84 bits per heavy atom. The molecule has 6 heteroatoms. The van der Waals surface area contributed by atoms with E-state index >= 15 is 0 Å². The van der Waals surface area contributed by atoms with Gasteiger partial charge in [0.2, 0.25) is 5.91 Å². The van der Waals surface area contributed by atoms with Crippen molar-refractivity contribution in [3.8, 4) is 23.1 Å². The third kappa shape index (κ3) is 3.22. The zero-order valence-corrected chi connectivity index (χ0v) is 14.4. The van der Waals surface area contributed by atoms with Crippen molar-refractivity contribution in [3.63, 3.8) is 0 Å². The molecule has 0 spiro atoms. The number of nitrogens with zero attached hydrogens (tertiary/aromatic N) is 4. The van der Waals surface area contributed by atoms with Gasteiger partial charge >= 0.3 is 0 Å². The Labute approximate surface area is 146 Å². The van der Waals surface area contributed by atoms with E-state index in [1.54, 1.807) is 32.6 Å². The molecule has 3 rings (SSSR count). The third-order valence-corrected chi connectivity index (χ3v) is 4.26. The van der Waals surface area contributed by atoms with Gasteiger partial charge in [-0.3, -0.25) is 19.7 Å². The molecular weight excluding hydrogens is 314 g/mol. The molecule has 1 aliphatic heterocycles. The van der Waals surface area contributed by atoms with Crippen molar-refractivity contribution >= 4 is 11.9 Å². The first-order valence-corrected chi connectivity index (χ1v) is 7.89. The molecule has 0 radical (unpaired) electrons. The lowest BCUT2D eigenvalue weighted by Gasteiger charge is -2.33. The number of rotatable bonds is 2. The summed E-state index contributed by atoms with van der Waals surface area (Å²) in [5.74, 6) is 6.01. The van der Waals surface area contributed by atoms with Crippen LogP contribution >= 0.6 is 0 Å². The van der Waals surface area contributed by atoms with Crippen molar-refractivity contribution in [2.75, 3.05) is 7.05 Å². The summed E-state index contributed by atoms with van der Waals surface area (Å²) in [4.78, 5) is 26.7. The smallest absolute Gasteiger partial charge is 0.231 e. The van der Waals surface area contributed by atoms with Gasteiger partial charge in [0.15, 0.2) is 5.96 Å². The summed E-state index contributed by atoms with van der Waals surface area (Å²) < 4.78 is 0. The fraction of sp³-hybridized carbons (Fsp3) is 0.263. The minimum absolute atomic E-state index is 0.0600. The fourth-order valence-corrected chi connectivity index (χ4v) is 2.79. The van der Waals surface area contributed by atoms with Crippen LogP contribution in [0.1, 0.15) is 31.4 Å². The van der Waals surface area contributed by atoms with Crippen molar-refractivity contribution in [3.05, 3.63) is 47.9 Å². The van der Waals surface area contributed by atoms with Gasteiger partial charge in [0.25, 0.3) is 0 Å². The monoisotopic (exact) mass is 333 g/mol. The lowest BCUT2D eigenvalue weighted by molar-refractivity contribution is -0.128. The maximum Gasteiger partial charge on any atom is 0.231 e. The number of hydrogen-bond donors (Lipinski definition) is 1. The highest BCUT2D eigenvalue weighted by Crippen LogP contribution is 2.34. The molecule has 0 bridgehead atoms. The fourth-order valence-electron chi connectivity index (χ4n) is 2.79. The van der Waals surface area contributed by atoms with Gasteiger partial charge in [-0.2, -0.15) is 0 Å². The van der Waals surface area contributed by atoms with Crippen LogP contribution in [0.4, 0.5) is 0 Å². The highest BCUT2D eigenvalue weighted by molar-refractivity contribution is 5.98. The summed E-state index contributed by atoms with van der Waals surface area (Å²) in [6, 6.07) is 5.73. The normalized spacial score (nSPS) is 19.9. The van der Waals surface area contributed by atoms with Crippen LogP contribution in [0.25, 0.3) is 11.3 Å². The number of amides is 1. The first kappa shape index (κ1) is 16.7. The second kappa shape index (κ2) is 6.36. The van der Waals surface area contributed by atoms with Crippen molar-refractivity contribution in [1.82, 2.24) is 14.9 Å². The van der Waals surface area contributed by atoms with Crippen LogP contribution in [0, 0.1) is 11.8 Å². The summed E-state index contributed by atoms with van der Waals surface area (Å²) in [6.45, 7) is 3.69. The summed E-state index contributed by atoms with van der Waals surface area (Å²) >= 11 is 0. The van der Waals surface area contributed by atoms with Crippen LogP contribution < -0.4 is 5.73 Å². The molecule has 3 heterocycles. The zero-order valence-electron chi connectivity index (χ0n) is 14.4. The molecule has 1 aliphatic rings. The maximum absolute atomic E-state index is 12.2. The van der Waals surface area contributed by atoms with Crippen LogP contribution in [-0.2, 0) is 10.3 Å². The van der Waals surface area contributed by atoms with E-state index in [-0.39, 0.29) is 18.3 Å². The van der Waals surface area contributed by atoms with Crippen molar-refractivity contribution in [2.24, 2.45) is 10.7 Å². The van der Waals surface area contributed by atoms with Gasteiger partial charge in [-0.1, -0.05) is 5.92 Å². The minimum atomic E-state index is -0.709. The lowest BCUT2D eigenvalue weighted by Crippen LogP contribution is -2.47. The Hall–Kier alpha value is -3.20. The van der Waals surface area contributed by atoms with E-state index in [0.29, 0.717) is 0 Å². The summed E-state index contributed by atoms with van der Waals surface area (Å²) in [5.41, 5.74) is 8.52. The van der Waals surface area contributed by atoms with Gasteiger partial charge in [0, 0.05) is 36.8 Å².